The van der Waals surface area contributed by atoms with Gasteiger partial charge in [-0.05, 0) is 43.2 Å². The minimum atomic E-state index is -0.677. The zero-order valence-electron chi connectivity index (χ0n) is 21.9. The van der Waals surface area contributed by atoms with E-state index in [0.717, 1.165) is 30.8 Å². The first-order valence-corrected chi connectivity index (χ1v) is 13.7. The summed E-state index contributed by atoms with van der Waals surface area (Å²) in [5.74, 6) is 1.38. The summed E-state index contributed by atoms with van der Waals surface area (Å²) in [7, 11) is 1.66. The summed E-state index contributed by atoms with van der Waals surface area (Å²) < 4.78 is 26.8. The monoisotopic (exact) mass is 555 g/mol. The van der Waals surface area contributed by atoms with Crippen LogP contribution in [0.15, 0.2) is 33.8 Å². The van der Waals surface area contributed by atoms with Crippen LogP contribution in [0.5, 0.6) is 0 Å². The van der Waals surface area contributed by atoms with Crippen molar-refractivity contribution in [2.45, 2.75) is 57.7 Å². The molecule has 2 fully saturated rings. The molecule has 0 unspecified atom stereocenters. The molecule has 5 heterocycles. The number of rotatable bonds is 7. The second-order valence-corrected chi connectivity index (χ2v) is 11.2. The molecule has 2 atom stereocenters. The van der Waals surface area contributed by atoms with Crippen LogP contribution in [0.2, 0.25) is 5.02 Å². The zero-order chi connectivity index (χ0) is 27.1. The Bertz CT molecular complexity index is 1530. The van der Waals surface area contributed by atoms with Crippen molar-refractivity contribution in [2.75, 3.05) is 25.2 Å². The van der Waals surface area contributed by atoms with Gasteiger partial charge in [-0.1, -0.05) is 36.5 Å². The van der Waals surface area contributed by atoms with E-state index in [9.17, 15) is 9.18 Å². The Morgan fingerprint density at radius 2 is 2.03 bits per heavy atom. The van der Waals surface area contributed by atoms with Crippen molar-refractivity contribution < 1.29 is 13.7 Å². The van der Waals surface area contributed by atoms with Gasteiger partial charge in [0.25, 0.3) is 0 Å². The number of fused-ring (bicyclic) bond motifs is 1. The fourth-order valence-electron chi connectivity index (χ4n) is 5.95. The van der Waals surface area contributed by atoms with Gasteiger partial charge in [0.15, 0.2) is 0 Å². The average molecular weight is 556 g/mol. The van der Waals surface area contributed by atoms with Crippen molar-refractivity contribution in [3.8, 4) is 22.8 Å². The van der Waals surface area contributed by atoms with Crippen LogP contribution in [0.3, 0.4) is 0 Å². The number of aromatic amines is 1. The number of nitrogens with one attached hydrogen (secondary N) is 1. The molecule has 12 heteroatoms. The third kappa shape index (κ3) is 5.05. The van der Waals surface area contributed by atoms with E-state index in [0.29, 0.717) is 52.3 Å². The van der Waals surface area contributed by atoms with E-state index >= 15 is 0 Å². The molecule has 2 aliphatic rings. The van der Waals surface area contributed by atoms with Crippen LogP contribution in [0.4, 0.5) is 10.3 Å². The molecule has 1 saturated heterocycles. The van der Waals surface area contributed by atoms with Crippen molar-refractivity contribution in [1.82, 2.24) is 29.7 Å². The first-order chi connectivity index (χ1) is 18.9. The Morgan fingerprint density at radius 1 is 1.21 bits per heavy atom. The van der Waals surface area contributed by atoms with E-state index in [4.69, 9.17) is 30.8 Å². The van der Waals surface area contributed by atoms with E-state index in [1.807, 2.05) is 4.90 Å². The lowest BCUT2D eigenvalue weighted by Gasteiger charge is -2.29. The molecule has 1 aliphatic carbocycles. The van der Waals surface area contributed by atoms with Gasteiger partial charge in [-0.15, -0.1) is 0 Å². The Hall–Kier alpha value is -3.31. The molecular formula is C27H31ClFN7O3. The minimum absolute atomic E-state index is 0.0833. The fourth-order valence-corrected chi connectivity index (χ4v) is 6.12. The fraction of sp³-hybridized carbons (Fsp3) is 0.519. The van der Waals surface area contributed by atoms with E-state index in [1.54, 1.807) is 31.6 Å². The number of methoxy groups -OCH3 is 1. The highest BCUT2D eigenvalue weighted by Crippen LogP contribution is 2.38. The number of nitrogens with zero attached hydrogens (tertiary/aromatic N) is 6. The number of hydrogen-bond acceptors (Lipinski definition) is 8. The van der Waals surface area contributed by atoms with Gasteiger partial charge in [-0.3, -0.25) is 14.5 Å². The van der Waals surface area contributed by atoms with Crippen LogP contribution in [-0.2, 0) is 11.3 Å². The minimum Gasteiger partial charge on any atom is -0.380 e. The van der Waals surface area contributed by atoms with Gasteiger partial charge < -0.3 is 14.2 Å². The van der Waals surface area contributed by atoms with Crippen molar-refractivity contribution in [2.24, 2.45) is 11.8 Å². The zero-order valence-corrected chi connectivity index (χ0v) is 22.7. The summed E-state index contributed by atoms with van der Waals surface area (Å²) in [5.41, 5.74) is 3.15. The standard InChI is InChI=1S/C27H31ClFN7O3/c1-15-3-5-16(6-4-15)13-36-24-21(32-26(36)35-14-20(38-2)8-19(35)10-29)9-22(25-33-27(37)39-34-25)31-23(24)17-7-18(28)12-30-11-17/h7,9,11-12,15-16,19-20H,3-6,8,10,13-14H2,1-2H3,(H,33,34,37)/t15-,16-,19-,20-/m1/s1. The first kappa shape index (κ1) is 25.9. The van der Waals surface area contributed by atoms with Gasteiger partial charge in [0.1, 0.15) is 12.4 Å². The molecule has 206 valence electrons. The normalized spacial score (nSPS) is 23.6. The van der Waals surface area contributed by atoms with E-state index in [-0.39, 0.29) is 18.0 Å². The number of ether oxygens (including phenoxy) is 1. The molecule has 0 amide bonds. The highest BCUT2D eigenvalue weighted by molar-refractivity contribution is 6.30. The van der Waals surface area contributed by atoms with Crippen molar-refractivity contribution in [3.63, 3.8) is 0 Å². The Kier molecular flexibility index (Phi) is 7.11. The summed E-state index contributed by atoms with van der Waals surface area (Å²) >= 11 is 6.34. The van der Waals surface area contributed by atoms with E-state index in [2.05, 4.69) is 26.6 Å². The molecule has 4 aromatic rings. The second-order valence-electron chi connectivity index (χ2n) is 10.8. The molecule has 0 aromatic carbocycles. The number of pyridine rings is 2. The number of anilines is 1. The predicted octanol–water partition coefficient (Wildman–Crippen LogP) is 4.88. The molecule has 6 rings (SSSR count). The molecule has 1 saturated carbocycles. The summed E-state index contributed by atoms with van der Waals surface area (Å²) in [6.45, 7) is 3.08. The van der Waals surface area contributed by atoms with Crippen LogP contribution in [0.1, 0.15) is 39.0 Å². The highest BCUT2D eigenvalue weighted by atomic mass is 35.5. The van der Waals surface area contributed by atoms with Crippen molar-refractivity contribution >= 4 is 28.6 Å². The van der Waals surface area contributed by atoms with E-state index in [1.165, 1.54) is 12.8 Å². The predicted molar refractivity (Wildman–Crippen MR) is 146 cm³/mol. The van der Waals surface area contributed by atoms with Gasteiger partial charge >= 0.3 is 5.76 Å². The molecule has 4 aromatic heterocycles. The third-order valence-corrected chi connectivity index (χ3v) is 8.29. The first-order valence-electron chi connectivity index (χ1n) is 13.4. The molecular weight excluding hydrogens is 525 g/mol. The topological polar surface area (TPSA) is 115 Å². The van der Waals surface area contributed by atoms with E-state index < -0.39 is 12.4 Å². The van der Waals surface area contributed by atoms with Gasteiger partial charge in [-0.2, -0.15) is 0 Å². The maximum absolute atomic E-state index is 14.3. The van der Waals surface area contributed by atoms with Gasteiger partial charge in [0.2, 0.25) is 11.8 Å². The van der Waals surface area contributed by atoms with Crippen molar-refractivity contribution in [1.29, 1.82) is 0 Å². The highest BCUT2D eigenvalue weighted by Gasteiger charge is 2.36. The average Bonchev–Trinajstić information content (AvgIpc) is 3.66. The maximum atomic E-state index is 14.3. The van der Waals surface area contributed by atoms with Gasteiger partial charge in [0.05, 0.1) is 33.9 Å². The number of halogens is 2. The second kappa shape index (κ2) is 10.7. The smallest absolute Gasteiger partial charge is 0.380 e. The molecule has 0 spiro atoms. The SMILES string of the molecule is CO[C@@H]1C[C@H](CF)N(c2nc3cc(-c4noc(=O)[nH]4)nc(-c4cncc(Cl)c4)c3n2C[C@H]2CC[C@H](C)CC2)C1. The van der Waals surface area contributed by atoms with Crippen LogP contribution >= 0.6 is 11.6 Å². The molecule has 39 heavy (non-hydrogen) atoms. The number of hydrogen-bond donors (Lipinski definition) is 1. The van der Waals surface area contributed by atoms with Crippen LogP contribution in [0.25, 0.3) is 33.8 Å². The van der Waals surface area contributed by atoms with Crippen LogP contribution in [0, 0.1) is 11.8 Å². The van der Waals surface area contributed by atoms with Crippen molar-refractivity contribution in [3.05, 3.63) is 40.1 Å². The Labute approximate surface area is 229 Å². The van der Waals surface area contributed by atoms with Crippen LogP contribution in [-0.4, -0.2) is 62.1 Å². The molecule has 1 aliphatic heterocycles. The summed E-state index contributed by atoms with van der Waals surface area (Å²) in [6, 6.07) is 3.24. The lowest BCUT2D eigenvalue weighted by atomic mass is 9.83. The summed E-state index contributed by atoms with van der Waals surface area (Å²) in [4.78, 5) is 30.6. The van der Waals surface area contributed by atoms with Gasteiger partial charge in [0, 0.05) is 38.2 Å². The Morgan fingerprint density at radius 3 is 2.72 bits per heavy atom. The van der Waals surface area contributed by atoms with Crippen LogP contribution < -0.4 is 10.7 Å². The number of imidazole rings is 1. The number of H-pyrrole nitrogens is 1. The maximum Gasteiger partial charge on any atom is 0.439 e. The quantitative estimate of drug-likeness (QED) is 0.343. The molecule has 10 nitrogen and oxygen atoms in total. The third-order valence-electron chi connectivity index (χ3n) is 8.09. The molecule has 0 radical (unpaired) electrons. The lowest BCUT2D eigenvalue weighted by molar-refractivity contribution is 0.117. The number of aromatic nitrogens is 6. The largest absolute Gasteiger partial charge is 0.439 e. The lowest BCUT2D eigenvalue weighted by Crippen LogP contribution is -2.34. The Balaban J connectivity index is 1.57. The van der Waals surface area contributed by atoms with Gasteiger partial charge in [-0.25, -0.2) is 19.2 Å². The summed E-state index contributed by atoms with van der Waals surface area (Å²) in [6.07, 6.45) is 8.37. The summed E-state index contributed by atoms with van der Waals surface area (Å²) in [5, 5.41) is 4.31. The molecule has 1 N–H and O–H groups in total. The number of alkyl halides is 1. The molecule has 0 bridgehead atoms.